The van der Waals surface area contributed by atoms with E-state index in [1.165, 1.54) is 7.11 Å². The topological polar surface area (TPSA) is 117 Å². The maximum Gasteiger partial charge on any atom is 0.423 e. The van der Waals surface area contributed by atoms with Crippen molar-refractivity contribution >= 4 is 18.1 Å². The van der Waals surface area contributed by atoms with Crippen LogP contribution in [0.5, 0.6) is 0 Å². The molecule has 1 atom stereocenters. The number of carbonyl (C=O) groups excluding carboxylic acids is 2. The summed E-state index contributed by atoms with van der Waals surface area (Å²) in [6, 6.07) is -0.853. The van der Waals surface area contributed by atoms with E-state index in [0.29, 0.717) is 6.42 Å². The summed E-state index contributed by atoms with van der Waals surface area (Å²) in [5.74, 6) is -0.501. The van der Waals surface area contributed by atoms with Gasteiger partial charge in [0, 0.05) is 0 Å². The van der Waals surface area contributed by atoms with E-state index < -0.39 is 24.1 Å². The first-order valence-electron chi connectivity index (χ1n) is 5.00. The molecule has 1 unspecified atom stereocenters. The highest BCUT2D eigenvalue weighted by molar-refractivity contribution is 5.86. The van der Waals surface area contributed by atoms with Gasteiger partial charge in [-0.05, 0) is 12.3 Å². The molecule has 0 aliphatic heterocycles. The molecule has 0 spiro atoms. The molecule has 3 amide bonds. The Kier molecular flexibility index (Phi) is 6.46. The Balaban J connectivity index is 4.39. The van der Waals surface area contributed by atoms with Gasteiger partial charge < -0.3 is 15.2 Å². The Morgan fingerprint density at radius 2 is 1.82 bits per heavy atom. The zero-order valence-electron chi connectivity index (χ0n) is 9.94. The molecule has 0 aromatic carbocycles. The SMILES string of the molecule is COC(=O)NC(CC(C)C)C(=O)NNC(=O)O. The summed E-state index contributed by atoms with van der Waals surface area (Å²) in [6.07, 6.45) is -1.77. The highest BCUT2D eigenvalue weighted by Crippen LogP contribution is 2.04. The summed E-state index contributed by atoms with van der Waals surface area (Å²) >= 11 is 0. The van der Waals surface area contributed by atoms with Crippen LogP contribution in [0.25, 0.3) is 0 Å². The Morgan fingerprint density at radius 1 is 1.24 bits per heavy atom. The van der Waals surface area contributed by atoms with E-state index in [0.717, 1.165) is 0 Å². The van der Waals surface area contributed by atoms with E-state index in [-0.39, 0.29) is 5.92 Å². The van der Waals surface area contributed by atoms with Gasteiger partial charge in [0.15, 0.2) is 0 Å². The van der Waals surface area contributed by atoms with Crippen molar-refractivity contribution in [3.05, 3.63) is 0 Å². The monoisotopic (exact) mass is 247 g/mol. The van der Waals surface area contributed by atoms with Crippen LogP contribution < -0.4 is 16.2 Å². The molecule has 0 fully saturated rings. The molecule has 0 aromatic rings. The summed E-state index contributed by atoms with van der Waals surface area (Å²) < 4.78 is 4.37. The number of hydrogen-bond acceptors (Lipinski definition) is 4. The third-order valence-corrected chi connectivity index (χ3v) is 1.79. The summed E-state index contributed by atoms with van der Waals surface area (Å²) in [6.45, 7) is 3.73. The lowest BCUT2D eigenvalue weighted by Crippen LogP contribution is -2.52. The highest BCUT2D eigenvalue weighted by atomic mass is 16.5. The van der Waals surface area contributed by atoms with Crippen LogP contribution in [0.2, 0.25) is 0 Å². The van der Waals surface area contributed by atoms with Gasteiger partial charge in [0.1, 0.15) is 6.04 Å². The van der Waals surface area contributed by atoms with Crippen LogP contribution in [0.3, 0.4) is 0 Å². The molecule has 0 saturated heterocycles. The molecule has 98 valence electrons. The zero-order chi connectivity index (χ0) is 13.4. The number of carboxylic acid groups (broad SMARTS) is 1. The Labute approximate surface area is 98.7 Å². The van der Waals surface area contributed by atoms with Gasteiger partial charge in [-0.1, -0.05) is 13.8 Å². The number of methoxy groups -OCH3 is 1. The molecular weight excluding hydrogens is 230 g/mol. The van der Waals surface area contributed by atoms with Gasteiger partial charge in [0.25, 0.3) is 5.91 Å². The van der Waals surface area contributed by atoms with Crippen LogP contribution in [0, 0.1) is 5.92 Å². The average Bonchev–Trinajstić information content (AvgIpc) is 2.23. The molecule has 4 N–H and O–H groups in total. The Morgan fingerprint density at radius 3 is 2.24 bits per heavy atom. The zero-order valence-corrected chi connectivity index (χ0v) is 9.94. The van der Waals surface area contributed by atoms with Crippen molar-refractivity contribution in [3.8, 4) is 0 Å². The van der Waals surface area contributed by atoms with Crippen LogP contribution in [-0.2, 0) is 9.53 Å². The first-order valence-corrected chi connectivity index (χ1v) is 5.00. The standard InChI is InChI=1S/C9H17N3O5/c1-5(2)4-6(10-9(16)17-3)7(13)11-12-8(14)15/h5-6,12H,4H2,1-3H3,(H,10,16)(H,11,13)(H,14,15). The van der Waals surface area contributed by atoms with Crippen LogP contribution >= 0.6 is 0 Å². The molecule has 8 heteroatoms. The van der Waals surface area contributed by atoms with Crippen molar-refractivity contribution in [2.75, 3.05) is 7.11 Å². The van der Waals surface area contributed by atoms with E-state index in [9.17, 15) is 14.4 Å². The molecule has 0 heterocycles. The van der Waals surface area contributed by atoms with Crippen LogP contribution in [0.1, 0.15) is 20.3 Å². The Hall–Kier alpha value is -1.99. The van der Waals surface area contributed by atoms with E-state index in [1.54, 1.807) is 5.43 Å². The Bertz CT molecular complexity index is 292. The second-order valence-corrected chi connectivity index (χ2v) is 3.74. The minimum Gasteiger partial charge on any atom is -0.464 e. The van der Waals surface area contributed by atoms with Crippen molar-refractivity contribution in [3.63, 3.8) is 0 Å². The third kappa shape index (κ3) is 6.98. The number of hydrazine groups is 1. The van der Waals surface area contributed by atoms with Gasteiger partial charge in [-0.15, -0.1) is 0 Å². The predicted molar refractivity (Wildman–Crippen MR) is 58.1 cm³/mol. The van der Waals surface area contributed by atoms with E-state index >= 15 is 0 Å². The normalized spacial score (nSPS) is 11.5. The van der Waals surface area contributed by atoms with Crippen LogP contribution in [0.15, 0.2) is 0 Å². The molecule has 17 heavy (non-hydrogen) atoms. The van der Waals surface area contributed by atoms with Gasteiger partial charge in [-0.2, -0.15) is 0 Å². The number of rotatable bonds is 4. The lowest BCUT2D eigenvalue weighted by atomic mass is 10.0. The number of ether oxygens (including phenoxy) is 1. The third-order valence-electron chi connectivity index (χ3n) is 1.79. The summed E-state index contributed by atoms with van der Waals surface area (Å²) in [4.78, 5) is 32.7. The molecule has 0 aromatic heterocycles. The van der Waals surface area contributed by atoms with E-state index in [1.807, 2.05) is 19.3 Å². The van der Waals surface area contributed by atoms with Crippen LogP contribution in [-0.4, -0.2) is 36.4 Å². The fourth-order valence-electron chi connectivity index (χ4n) is 1.11. The molecule has 0 saturated carbocycles. The molecule has 0 radical (unpaired) electrons. The van der Waals surface area contributed by atoms with Gasteiger partial charge in [-0.25, -0.2) is 15.0 Å². The van der Waals surface area contributed by atoms with Crippen molar-refractivity contribution in [1.29, 1.82) is 0 Å². The largest absolute Gasteiger partial charge is 0.464 e. The minimum absolute atomic E-state index is 0.146. The molecule has 0 aliphatic rings. The number of alkyl carbamates (subject to hydrolysis) is 1. The fraction of sp³-hybridized carbons (Fsp3) is 0.667. The van der Waals surface area contributed by atoms with Crippen molar-refractivity contribution in [2.24, 2.45) is 5.92 Å². The first kappa shape index (κ1) is 15.0. The molecule has 8 nitrogen and oxygen atoms in total. The first-order chi connectivity index (χ1) is 7.86. The smallest absolute Gasteiger partial charge is 0.423 e. The minimum atomic E-state index is -1.39. The maximum atomic E-state index is 11.5. The van der Waals surface area contributed by atoms with E-state index in [4.69, 9.17) is 5.11 Å². The quantitative estimate of drug-likeness (QED) is 0.524. The second kappa shape index (κ2) is 7.31. The summed E-state index contributed by atoms with van der Waals surface area (Å²) in [5.41, 5.74) is 3.67. The molecule has 0 aliphatic carbocycles. The van der Waals surface area contributed by atoms with E-state index in [2.05, 4.69) is 10.1 Å². The lowest BCUT2D eigenvalue weighted by molar-refractivity contribution is -0.124. The lowest BCUT2D eigenvalue weighted by Gasteiger charge is -2.18. The summed E-state index contributed by atoms with van der Waals surface area (Å²) in [7, 11) is 1.18. The fourth-order valence-corrected chi connectivity index (χ4v) is 1.11. The molecule has 0 rings (SSSR count). The number of nitrogens with one attached hydrogen (secondary N) is 3. The van der Waals surface area contributed by atoms with Crippen molar-refractivity contribution < 1.29 is 24.2 Å². The van der Waals surface area contributed by atoms with Gasteiger partial charge in [-0.3, -0.25) is 10.2 Å². The van der Waals surface area contributed by atoms with Gasteiger partial charge in [0.05, 0.1) is 7.11 Å². The highest BCUT2D eigenvalue weighted by Gasteiger charge is 2.22. The number of carbonyl (C=O) groups is 3. The molecule has 0 bridgehead atoms. The maximum absolute atomic E-state index is 11.5. The molecular formula is C9H17N3O5. The van der Waals surface area contributed by atoms with Crippen molar-refractivity contribution in [2.45, 2.75) is 26.3 Å². The number of amides is 3. The van der Waals surface area contributed by atoms with Crippen LogP contribution in [0.4, 0.5) is 9.59 Å². The van der Waals surface area contributed by atoms with Gasteiger partial charge in [0.2, 0.25) is 0 Å². The second-order valence-electron chi connectivity index (χ2n) is 3.74. The average molecular weight is 247 g/mol. The summed E-state index contributed by atoms with van der Waals surface area (Å²) in [5, 5.41) is 10.6. The van der Waals surface area contributed by atoms with Crippen molar-refractivity contribution in [1.82, 2.24) is 16.2 Å². The number of hydrogen-bond donors (Lipinski definition) is 4. The van der Waals surface area contributed by atoms with Gasteiger partial charge >= 0.3 is 12.2 Å². The predicted octanol–water partition coefficient (Wildman–Crippen LogP) is 0.0559.